The van der Waals surface area contributed by atoms with Gasteiger partial charge in [-0.15, -0.1) is 0 Å². The van der Waals surface area contributed by atoms with Crippen molar-refractivity contribution in [1.82, 2.24) is 10.9 Å². The fraction of sp³-hybridized carbons (Fsp3) is 0.333. The van der Waals surface area contributed by atoms with E-state index in [1.165, 1.54) is 19.2 Å². The Balaban J connectivity index is 2.10. The van der Waals surface area contributed by atoms with Crippen LogP contribution in [0.1, 0.15) is 45.6 Å². The second-order valence-electron chi connectivity index (χ2n) is 5.57. The van der Waals surface area contributed by atoms with Crippen molar-refractivity contribution in [3.8, 4) is 11.5 Å². The molecule has 8 heteroatoms. The molecule has 0 saturated heterocycles. The van der Waals surface area contributed by atoms with E-state index in [2.05, 4.69) is 10.9 Å². The highest BCUT2D eigenvalue weighted by Gasteiger charge is 2.18. The Kier molecular flexibility index (Phi) is 6.52. The topological polar surface area (TPSA) is 89.8 Å². The summed E-state index contributed by atoms with van der Waals surface area (Å²) >= 11 is 6.19. The lowest BCUT2D eigenvalue weighted by Gasteiger charge is -2.14. The molecule has 0 fully saturated rings. The van der Waals surface area contributed by atoms with Gasteiger partial charge in [0.25, 0.3) is 11.8 Å². The number of rotatable bonds is 6. The molecule has 0 aliphatic carbocycles. The molecule has 2 rings (SSSR count). The molecular formula is C18H21ClN2O5. The zero-order chi connectivity index (χ0) is 19.3. The highest BCUT2D eigenvalue weighted by Crippen LogP contribution is 2.36. The van der Waals surface area contributed by atoms with Crippen molar-refractivity contribution in [2.45, 2.75) is 27.2 Å². The van der Waals surface area contributed by atoms with E-state index in [1.54, 1.807) is 19.9 Å². The van der Waals surface area contributed by atoms with Gasteiger partial charge in [-0.25, -0.2) is 0 Å². The Morgan fingerprint density at radius 2 is 1.85 bits per heavy atom. The quantitative estimate of drug-likeness (QED) is 0.749. The molecule has 0 unspecified atom stereocenters. The average molecular weight is 381 g/mol. The number of halogens is 1. The van der Waals surface area contributed by atoms with Gasteiger partial charge in [-0.3, -0.25) is 20.4 Å². The smallest absolute Gasteiger partial charge is 0.273 e. The molecule has 1 heterocycles. The van der Waals surface area contributed by atoms with Crippen LogP contribution in [0.2, 0.25) is 5.02 Å². The Morgan fingerprint density at radius 1 is 1.15 bits per heavy atom. The predicted octanol–water partition coefficient (Wildman–Crippen LogP) is 3.42. The van der Waals surface area contributed by atoms with E-state index >= 15 is 0 Å². The lowest BCUT2D eigenvalue weighted by Crippen LogP contribution is -2.41. The van der Waals surface area contributed by atoms with Crippen LogP contribution in [-0.4, -0.2) is 25.5 Å². The van der Waals surface area contributed by atoms with Gasteiger partial charge in [-0.1, -0.05) is 18.5 Å². The molecule has 140 valence electrons. The van der Waals surface area contributed by atoms with Crippen molar-refractivity contribution in [2.75, 3.05) is 13.7 Å². The highest BCUT2D eigenvalue weighted by molar-refractivity contribution is 6.32. The number of hydrazine groups is 1. The van der Waals surface area contributed by atoms with Crippen molar-refractivity contribution < 1.29 is 23.5 Å². The van der Waals surface area contributed by atoms with Crippen LogP contribution in [0.15, 0.2) is 22.6 Å². The fourth-order valence-corrected chi connectivity index (χ4v) is 2.57. The van der Waals surface area contributed by atoms with Crippen molar-refractivity contribution in [3.05, 3.63) is 45.9 Å². The molecule has 2 aromatic rings. The Bertz CT molecular complexity index is 816. The molecule has 1 aromatic carbocycles. The zero-order valence-corrected chi connectivity index (χ0v) is 15.8. The van der Waals surface area contributed by atoms with E-state index in [4.69, 9.17) is 25.5 Å². The van der Waals surface area contributed by atoms with Gasteiger partial charge < -0.3 is 13.9 Å². The van der Waals surface area contributed by atoms with Crippen molar-refractivity contribution in [1.29, 1.82) is 0 Å². The third-order valence-corrected chi connectivity index (χ3v) is 3.80. The molecule has 0 aliphatic rings. The standard InChI is InChI=1S/C18H21ClN2O5/c1-5-6-25-16-14(19)8-12(9-15(16)24-4)17(22)20-21-18(23)13-7-10(2)26-11(13)3/h7-9H,5-6H2,1-4H3,(H,20,22)(H,21,23). The first-order valence-corrected chi connectivity index (χ1v) is 8.43. The molecule has 0 atom stereocenters. The minimum atomic E-state index is -0.543. The molecule has 0 aliphatic heterocycles. The van der Waals surface area contributed by atoms with Gasteiger partial charge in [0.1, 0.15) is 11.5 Å². The van der Waals surface area contributed by atoms with Crippen LogP contribution in [0.3, 0.4) is 0 Å². The number of hydrogen-bond donors (Lipinski definition) is 2. The molecular weight excluding hydrogens is 360 g/mol. The summed E-state index contributed by atoms with van der Waals surface area (Å²) in [5, 5.41) is 0.246. The number of nitrogens with one attached hydrogen (secondary N) is 2. The van der Waals surface area contributed by atoms with Crippen LogP contribution in [0.25, 0.3) is 0 Å². The van der Waals surface area contributed by atoms with Crippen LogP contribution in [0.4, 0.5) is 0 Å². The van der Waals surface area contributed by atoms with E-state index in [9.17, 15) is 9.59 Å². The number of carbonyl (C=O) groups is 2. The second kappa shape index (κ2) is 8.62. The highest BCUT2D eigenvalue weighted by atomic mass is 35.5. The zero-order valence-electron chi connectivity index (χ0n) is 15.1. The van der Waals surface area contributed by atoms with Crippen molar-refractivity contribution in [2.24, 2.45) is 0 Å². The lowest BCUT2D eigenvalue weighted by atomic mass is 10.2. The number of benzene rings is 1. The van der Waals surface area contributed by atoms with Crippen molar-refractivity contribution >= 4 is 23.4 Å². The number of methoxy groups -OCH3 is 1. The van der Waals surface area contributed by atoms with Crippen LogP contribution in [-0.2, 0) is 0 Å². The Hall–Kier alpha value is -2.67. The summed E-state index contributed by atoms with van der Waals surface area (Å²) < 4.78 is 16.1. The number of furan rings is 1. The summed E-state index contributed by atoms with van der Waals surface area (Å²) in [6.07, 6.45) is 0.806. The van der Waals surface area contributed by atoms with E-state index in [0.29, 0.717) is 35.2 Å². The molecule has 0 bridgehead atoms. The summed E-state index contributed by atoms with van der Waals surface area (Å²) in [6.45, 7) is 5.84. The van der Waals surface area contributed by atoms with Crippen LogP contribution < -0.4 is 20.3 Å². The predicted molar refractivity (Wildman–Crippen MR) is 96.9 cm³/mol. The van der Waals surface area contributed by atoms with Crippen molar-refractivity contribution in [3.63, 3.8) is 0 Å². The molecule has 0 saturated carbocycles. The maximum atomic E-state index is 12.3. The minimum absolute atomic E-state index is 0.219. The normalized spacial score (nSPS) is 10.3. The maximum absolute atomic E-state index is 12.3. The van der Waals surface area contributed by atoms with Crippen LogP contribution in [0, 0.1) is 13.8 Å². The molecule has 0 spiro atoms. The van der Waals surface area contributed by atoms with Gasteiger partial charge >= 0.3 is 0 Å². The number of aryl methyl sites for hydroxylation is 2. The minimum Gasteiger partial charge on any atom is -0.493 e. The van der Waals surface area contributed by atoms with E-state index < -0.39 is 11.8 Å². The van der Waals surface area contributed by atoms with Crippen LogP contribution >= 0.6 is 11.6 Å². The van der Waals surface area contributed by atoms with E-state index in [-0.39, 0.29) is 10.6 Å². The third kappa shape index (κ3) is 4.49. The summed E-state index contributed by atoms with van der Waals surface area (Å²) in [6, 6.07) is 4.53. The molecule has 2 amide bonds. The first-order valence-electron chi connectivity index (χ1n) is 8.05. The fourth-order valence-electron chi connectivity index (χ4n) is 2.30. The first kappa shape index (κ1) is 19.7. The lowest BCUT2D eigenvalue weighted by molar-refractivity contribution is 0.0845. The van der Waals surface area contributed by atoms with E-state index in [0.717, 1.165) is 6.42 Å². The van der Waals surface area contributed by atoms with Gasteiger partial charge in [0.15, 0.2) is 11.5 Å². The monoisotopic (exact) mass is 380 g/mol. The largest absolute Gasteiger partial charge is 0.493 e. The number of amides is 2. The summed E-state index contributed by atoms with van der Waals surface area (Å²) in [4.78, 5) is 24.4. The van der Waals surface area contributed by atoms with E-state index in [1.807, 2.05) is 6.92 Å². The van der Waals surface area contributed by atoms with Gasteiger partial charge in [-0.05, 0) is 38.5 Å². The molecule has 7 nitrogen and oxygen atoms in total. The molecule has 0 radical (unpaired) electrons. The van der Waals surface area contributed by atoms with Gasteiger partial charge in [0.2, 0.25) is 0 Å². The summed E-state index contributed by atoms with van der Waals surface area (Å²) in [7, 11) is 1.46. The number of hydrogen-bond acceptors (Lipinski definition) is 5. The molecule has 2 N–H and O–H groups in total. The van der Waals surface area contributed by atoms with Crippen LogP contribution in [0.5, 0.6) is 11.5 Å². The molecule has 26 heavy (non-hydrogen) atoms. The maximum Gasteiger partial charge on any atom is 0.273 e. The Morgan fingerprint density at radius 3 is 2.42 bits per heavy atom. The second-order valence-corrected chi connectivity index (χ2v) is 5.98. The summed E-state index contributed by atoms with van der Waals surface area (Å²) in [5.41, 5.74) is 5.25. The average Bonchev–Trinajstić information content (AvgIpc) is 2.95. The Labute approximate surface area is 156 Å². The van der Waals surface area contributed by atoms with Gasteiger partial charge in [0.05, 0.1) is 24.3 Å². The van der Waals surface area contributed by atoms with Gasteiger partial charge in [-0.2, -0.15) is 0 Å². The third-order valence-electron chi connectivity index (χ3n) is 3.52. The molecule has 1 aromatic heterocycles. The number of ether oxygens (including phenoxy) is 2. The first-order chi connectivity index (χ1) is 12.4. The number of carbonyl (C=O) groups excluding carboxylic acids is 2. The SMILES string of the molecule is CCCOc1c(Cl)cc(C(=O)NNC(=O)c2cc(C)oc2C)cc1OC. The van der Waals surface area contributed by atoms with Gasteiger partial charge in [0, 0.05) is 5.56 Å². The summed E-state index contributed by atoms with van der Waals surface area (Å²) in [5.74, 6) is 0.770.